The Kier molecular flexibility index (Phi) is 6.00. The Morgan fingerprint density at radius 3 is 2.53 bits per heavy atom. The van der Waals surface area contributed by atoms with Crippen LogP contribution in [0.2, 0.25) is 0 Å². The number of carbonyl (C=O) groups is 2. The predicted molar refractivity (Wildman–Crippen MR) is 137 cm³/mol. The van der Waals surface area contributed by atoms with Crippen LogP contribution in [-0.2, 0) is 16.0 Å². The molecule has 1 saturated heterocycles. The number of ether oxygens (including phenoxy) is 1. The standard InChI is InChI=1S/C27H29N3O3S/c1-17(31)29-20-6-4-18(5-7-20)22-14-19(8-9-28-22)24-21-15-27(2,3)16-23(32)25(21)34-26(24)30-10-12-33-13-11-30/h4-9,14H,10-13,15-16H2,1-3H3,(H,29,31). The molecule has 3 heterocycles. The molecule has 34 heavy (non-hydrogen) atoms. The number of benzene rings is 1. The van der Waals surface area contributed by atoms with Gasteiger partial charge in [0.1, 0.15) is 0 Å². The number of nitrogens with one attached hydrogen (secondary N) is 1. The highest BCUT2D eigenvalue weighted by atomic mass is 32.1. The summed E-state index contributed by atoms with van der Waals surface area (Å²) in [5.74, 6) is 0.156. The van der Waals surface area contributed by atoms with Crippen molar-refractivity contribution in [3.8, 4) is 22.4 Å². The van der Waals surface area contributed by atoms with E-state index in [0.717, 1.165) is 51.9 Å². The normalized spacial score (nSPS) is 17.4. The van der Waals surface area contributed by atoms with Gasteiger partial charge in [-0.05, 0) is 47.2 Å². The second-order valence-corrected chi connectivity index (χ2v) is 10.8. The number of anilines is 2. The summed E-state index contributed by atoms with van der Waals surface area (Å²) in [7, 11) is 0. The van der Waals surface area contributed by atoms with Crippen LogP contribution >= 0.6 is 11.3 Å². The number of hydrogen-bond acceptors (Lipinski definition) is 6. The number of nitrogens with zero attached hydrogens (tertiary/aromatic N) is 2. The van der Waals surface area contributed by atoms with E-state index < -0.39 is 0 Å². The third-order valence-corrected chi connectivity index (χ3v) is 7.72. The Labute approximate surface area is 204 Å². The molecule has 7 heteroatoms. The van der Waals surface area contributed by atoms with Crippen molar-refractivity contribution in [1.29, 1.82) is 0 Å². The van der Waals surface area contributed by atoms with Crippen LogP contribution in [0.15, 0.2) is 42.6 Å². The molecule has 0 bridgehead atoms. The topological polar surface area (TPSA) is 71.5 Å². The van der Waals surface area contributed by atoms with E-state index in [2.05, 4.69) is 35.1 Å². The van der Waals surface area contributed by atoms with Crippen molar-refractivity contribution >= 4 is 33.7 Å². The largest absolute Gasteiger partial charge is 0.378 e. The number of Topliss-reactive ketones (excluding diaryl/α,β-unsaturated/α-hetero) is 1. The summed E-state index contributed by atoms with van der Waals surface area (Å²) in [5.41, 5.74) is 5.96. The maximum Gasteiger partial charge on any atom is 0.221 e. The second kappa shape index (κ2) is 8.96. The summed E-state index contributed by atoms with van der Waals surface area (Å²) in [6.45, 7) is 8.90. The first-order valence-corrected chi connectivity index (χ1v) is 12.5. The summed E-state index contributed by atoms with van der Waals surface area (Å²) in [6.07, 6.45) is 3.31. The van der Waals surface area contributed by atoms with Crippen molar-refractivity contribution in [2.75, 3.05) is 36.5 Å². The van der Waals surface area contributed by atoms with Gasteiger partial charge in [-0.3, -0.25) is 14.6 Å². The Bertz CT molecular complexity index is 1240. The molecule has 1 aromatic carbocycles. The fourth-order valence-electron chi connectivity index (χ4n) is 4.86. The van der Waals surface area contributed by atoms with E-state index in [1.165, 1.54) is 18.1 Å². The summed E-state index contributed by atoms with van der Waals surface area (Å²) < 4.78 is 5.59. The number of fused-ring (bicyclic) bond motifs is 1. The summed E-state index contributed by atoms with van der Waals surface area (Å²) >= 11 is 1.64. The van der Waals surface area contributed by atoms with Crippen LogP contribution in [0.1, 0.15) is 42.4 Å². The molecule has 2 aliphatic rings. The van der Waals surface area contributed by atoms with E-state index in [9.17, 15) is 9.59 Å². The Morgan fingerprint density at radius 2 is 1.82 bits per heavy atom. The highest BCUT2D eigenvalue weighted by Crippen LogP contribution is 2.49. The van der Waals surface area contributed by atoms with Gasteiger partial charge in [0, 0.05) is 49.4 Å². The molecule has 176 valence electrons. The predicted octanol–water partition coefficient (Wildman–Crippen LogP) is 5.43. The zero-order chi connectivity index (χ0) is 23.9. The number of amides is 1. The average molecular weight is 476 g/mol. The summed E-state index contributed by atoms with van der Waals surface area (Å²) in [6, 6.07) is 11.9. The van der Waals surface area contributed by atoms with Gasteiger partial charge in [0.05, 0.1) is 28.8 Å². The van der Waals surface area contributed by atoms with Crippen LogP contribution in [-0.4, -0.2) is 43.0 Å². The van der Waals surface area contributed by atoms with Crippen molar-refractivity contribution < 1.29 is 14.3 Å². The van der Waals surface area contributed by atoms with Crippen LogP contribution in [0.3, 0.4) is 0 Å². The number of rotatable bonds is 4. The van der Waals surface area contributed by atoms with Crippen LogP contribution in [0, 0.1) is 5.41 Å². The molecular formula is C27H29N3O3S. The molecule has 0 radical (unpaired) electrons. The summed E-state index contributed by atoms with van der Waals surface area (Å²) in [4.78, 5) is 32.3. The fourth-order valence-corrected chi connectivity index (χ4v) is 6.19. The molecule has 1 N–H and O–H groups in total. The molecule has 0 spiro atoms. The smallest absolute Gasteiger partial charge is 0.221 e. The number of aromatic nitrogens is 1. The molecule has 1 fully saturated rings. The maximum absolute atomic E-state index is 13.1. The lowest BCUT2D eigenvalue weighted by Gasteiger charge is -2.30. The molecule has 6 nitrogen and oxygen atoms in total. The first-order valence-electron chi connectivity index (χ1n) is 11.7. The lowest BCUT2D eigenvalue weighted by atomic mass is 9.75. The van der Waals surface area contributed by atoms with Crippen molar-refractivity contribution in [1.82, 2.24) is 4.98 Å². The van der Waals surface area contributed by atoms with E-state index in [4.69, 9.17) is 4.74 Å². The van der Waals surface area contributed by atoms with Crippen LogP contribution < -0.4 is 10.2 Å². The quantitative estimate of drug-likeness (QED) is 0.545. The van der Waals surface area contributed by atoms with Gasteiger partial charge < -0.3 is 15.0 Å². The molecule has 2 aromatic heterocycles. The summed E-state index contributed by atoms with van der Waals surface area (Å²) in [5, 5.41) is 3.97. The minimum absolute atomic E-state index is 0.0579. The maximum atomic E-state index is 13.1. The fraction of sp³-hybridized carbons (Fsp3) is 0.370. The van der Waals surface area contributed by atoms with Crippen molar-refractivity contribution in [3.63, 3.8) is 0 Å². The third kappa shape index (κ3) is 4.50. The first-order chi connectivity index (χ1) is 16.3. The Balaban J connectivity index is 1.59. The van der Waals surface area contributed by atoms with E-state index in [1.807, 2.05) is 36.5 Å². The van der Waals surface area contributed by atoms with E-state index in [0.29, 0.717) is 19.6 Å². The SMILES string of the molecule is CC(=O)Nc1ccc(-c2cc(-c3c(N4CCOCC4)sc4c3CC(C)(C)CC4=O)ccn2)cc1. The van der Waals surface area contributed by atoms with E-state index >= 15 is 0 Å². The molecule has 5 rings (SSSR count). The lowest BCUT2D eigenvalue weighted by molar-refractivity contribution is -0.114. The molecular weight excluding hydrogens is 446 g/mol. The monoisotopic (exact) mass is 475 g/mol. The van der Waals surface area contributed by atoms with Gasteiger partial charge >= 0.3 is 0 Å². The first kappa shape index (κ1) is 22.7. The number of carbonyl (C=O) groups excluding carboxylic acids is 2. The van der Waals surface area contributed by atoms with Crippen LogP contribution in [0.25, 0.3) is 22.4 Å². The highest BCUT2D eigenvalue weighted by molar-refractivity contribution is 7.19. The minimum atomic E-state index is -0.0942. The zero-order valence-electron chi connectivity index (χ0n) is 19.8. The number of thiophene rings is 1. The number of morpholine rings is 1. The number of hydrogen-bond donors (Lipinski definition) is 1. The van der Waals surface area contributed by atoms with Crippen molar-refractivity contribution in [3.05, 3.63) is 53.0 Å². The second-order valence-electron chi connectivity index (χ2n) is 9.82. The van der Waals surface area contributed by atoms with E-state index in [-0.39, 0.29) is 17.1 Å². The zero-order valence-corrected chi connectivity index (χ0v) is 20.6. The van der Waals surface area contributed by atoms with E-state index in [1.54, 1.807) is 11.3 Å². The van der Waals surface area contributed by atoms with Crippen LogP contribution in [0.4, 0.5) is 10.7 Å². The average Bonchev–Trinajstić information content (AvgIpc) is 3.18. The lowest BCUT2D eigenvalue weighted by Crippen LogP contribution is -2.36. The molecule has 1 aliphatic heterocycles. The van der Waals surface area contributed by atoms with Gasteiger partial charge in [-0.2, -0.15) is 0 Å². The van der Waals surface area contributed by atoms with Gasteiger partial charge in [0.15, 0.2) is 5.78 Å². The van der Waals surface area contributed by atoms with Gasteiger partial charge in [0.2, 0.25) is 5.91 Å². The molecule has 1 amide bonds. The minimum Gasteiger partial charge on any atom is -0.378 e. The van der Waals surface area contributed by atoms with Gasteiger partial charge in [-0.25, -0.2) is 0 Å². The van der Waals surface area contributed by atoms with Gasteiger partial charge in [0.25, 0.3) is 0 Å². The third-order valence-electron chi connectivity index (χ3n) is 6.38. The highest BCUT2D eigenvalue weighted by Gasteiger charge is 2.37. The Hall–Kier alpha value is -3.03. The number of pyridine rings is 1. The molecule has 0 unspecified atom stereocenters. The molecule has 3 aromatic rings. The molecule has 1 aliphatic carbocycles. The van der Waals surface area contributed by atoms with Crippen molar-refractivity contribution in [2.45, 2.75) is 33.6 Å². The van der Waals surface area contributed by atoms with Crippen molar-refractivity contribution in [2.24, 2.45) is 5.41 Å². The molecule has 0 saturated carbocycles. The van der Waals surface area contributed by atoms with Gasteiger partial charge in [-0.1, -0.05) is 26.0 Å². The molecule has 0 atom stereocenters. The number of ketones is 1. The van der Waals surface area contributed by atoms with Crippen LogP contribution in [0.5, 0.6) is 0 Å². The Morgan fingerprint density at radius 1 is 1.09 bits per heavy atom. The van der Waals surface area contributed by atoms with Gasteiger partial charge in [-0.15, -0.1) is 11.3 Å².